The molecule has 0 bridgehead atoms. The average molecular weight is 600 g/mol. The van der Waals surface area contributed by atoms with E-state index in [1.807, 2.05) is 45.0 Å². The Kier molecular flexibility index (Phi) is 7.67. The summed E-state index contributed by atoms with van der Waals surface area (Å²) in [5, 5.41) is 5.21. The van der Waals surface area contributed by atoms with E-state index in [-0.39, 0.29) is 5.97 Å². The number of hydrogen-bond acceptors (Lipinski definition) is 5. The van der Waals surface area contributed by atoms with Gasteiger partial charge in [-0.1, -0.05) is 18.2 Å². The summed E-state index contributed by atoms with van der Waals surface area (Å²) in [6, 6.07) is 11.8. The van der Waals surface area contributed by atoms with E-state index in [1.54, 1.807) is 0 Å². The Morgan fingerprint density at radius 2 is 1.77 bits per heavy atom. The Hall–Kier alpha value is -2.64. The lowest BCUT2D eigenvalue weighted by Gasteiger charge is -2.21. The first-order valence-corrected chi connectivity index (χ1v) is 13.3. The van der Waals surface area contributed by atoms with Crippen molar-refractivity contribution in [3.8, 4) is 22.5 Å². The lowest BCUT2D eigenvalue weighted by Crippen LogP contribution is -2.13. The van der Waals surface area contributed by atoms with Crippen LogP contribution in [0, 0.1) is 13.8 Å². The van der Waals surface area contributed by atoms with Crippen LogP contribution in [0.15, 0.2) is 54.8 Å². The number of carbonyl (C=O) groups is 1. The zero-order valence-electron chi connectivity index (χ0n) is 20.5. The van der Waals surface area contributed by atoms with Crippen molar-refractivity contribution in [2.45, 2.75) is 34.6 Å². The van der Waals surface area contributed by atoms with Gasteiger partial charge in [-0.15, -0.1) is 0 Å². The maximum Gasteiger partial charge on any atom is 0.338 e. The molecule has 0 saturated carbocycles. The minimum Gasteiger partial charge on any atom is -0.462 e. The van der Waals surface area contributed by atoms with Crippen molar-refractivity contribution in [2.24, 2.45) is 4.99 Å². The molecule has 0 spiro atoms. The maximum absolute atomic E-state index is 13.0. The van der Waals surface area contributed by atoms with E-state index < -0.39 is 0 Å². The smallest absolute Gasteiger partial charge is 0.338 e. The van der Waals surface area contributed by atoms with Crippen molar-refractivity contribution in [2.75, 3.05) is 25.0 Å². The van der Waals surface area contributed by atoms with Gasteiger partial charge in [0.05, 0.1) is 32.2 Å². The second-order valence-electron chi connectivity index (χ2n) is 8.24. The molecule has 4 rings (SSSR count). The van der Waals surface area contributed by atoms with E-state index in [0.29, 0.717) is 30.1 Å². The molecule has 0 unspecified atom stereocenters. The largest absolute Gasteiger partial charge is 0.462 e. The lowest BCUT2D eigenvalue weighted by atomic mass is 9.89. The van der Waals surface area contributed by atoms with Gasteiger partial charge in [0.25, 0.3) is 0 Å². The van der Waals surface area contributed by atoms with Crippen LogP contribution >= 0.6 is 31.9 Å². The zero-order chi connectivity index (χ0) is 25.3. The van der Waals surface area contributed by atoms with Crippen molar-refractivity contribution >= 4 is 54.5 Å². The van der Waals surface area contributed by atoms with Crippen LogP contribution in [0.25, 0.3) is 33.4 Å². The molecule has 2 aliphatic rings. The van der Waals surface area contributed by atoms with Crippen LogP contribution in [0.3, 0.4) is 0 Å². The minimum absolute atomic E-state index is 0.308. The fourth-order valence-corrected chi connectivity index (χ4v) is 5.93. The normalized spacial score (nSPS) is 11.9. The van der Waals surface area contributed by atoms with Crippen molar-refractivity contribution in [1.82, 2.24) is 0 Å². The van der Waals surface area contributed by atoms with Crippen molar-refractivity contribution in [1.29, 1.82) is 0 Å². The Bertz CT molecular complexity index is 1470. The van der Waals surface area contributed by atoms with Crippen LogP contribution in [-0.4, -0.2) is 25.7 Å². The first-order chi connectivity index (χ1) is 16.8. The highest BCUT2D eigenvalue weighted by Crippen LogP contribution is 2.47. The van der Waals surface area contributed by atoms with Crippen molar-refractivity contribution < 1.29 is 13.9 Å². The molecule has 7 heteroatoms. The van der Waals surface area contributed by atoms with Crippen LogP contribution in [0.5, 0.6) is 0 Å². The quantitative estimate of drug-likeness (QED) is 0.181. The number of nitrogens with one attached hydrogen (secondary N) is 1. The molecule has 2 aromatic carbocycles. The Balaban J connectivity index is 2.25. The third-order valence-electron chi connectivity index (χ3n) is 5.91. The summed E-state index contributed by atoms with van der Waals surface area (Å²) in [5.74, 6) is 0.328. The van der Waals surface area contributed by atoms with Gasteiger partial charge in [0, 0.05) is 29.6 Å². The minimum atomic E-state index is -0.348. The second-order valence-corrected chi connectivity index (χ2v) is 9.83. The summed E-state index contributed by atoms with van der Waals surface area (Å²) in [6.07, 6.45) is 0. The van der Waals surface area contributed by atoms with Crippen LogP contribution in [0.1, 0.15) is 42.3 Å². The van der Waals surface area contributed by atoms with Gasteiger partial charge in [0.15, 0.2) is 11.3 Å². The van der Waals surface area contributed by atoms with E-state index in [4.69, 9.17) is 9.15 Å². The molecule has 1 aliphatic carbocycles. The monoisotopic (exact) mass is 598 g/mol. The predicted octanol–water partition coefficient (Wildman–Crippen LogP) is 7.88. The number of carbonyl (C=O) groups excluding carboxylic acids is 1. The molecule has 0 radical (unpaired) electrons. The van der Waals surface area contributed by atoms with Gasteiger partial charge in [0.1, 0.15) is 0 Å². The fraction of sp³-hybridized carbons (Fsp3) is 0.286. The summed E-state index contributed by atoms with van der Waals surface area (Å²) < 4.78 is 13.6. The number of esters is 1. The third kappa shape index (κ3) is 4.52. The zero-order valence-corrected chi connectivity index (χ0v) is 23.7. The number of aryl methyl sites for hydroxylation is 2. The Morgan fingerprint density at radius 3 is 2.46 bits per heavy atom. The van der Waals surface area contributed by atoms with Gasteiger partial charge in [-0.25, -0.2) is 4.79 Å². The van der Waals surface area contributed by atoms with Crippen molar-refractivity contribution in [3.63, 3.8) is 0 Å². The molecule has 35 heavy (non-hydrogen) atoms. The first-order valence-electron chi connectivity index (χ1n) is 11.7. The van der Waals surface area contributed by atoms with E-state index in [1.165, 1.54) is 0 Å². The third-order valence-corrected chi connectivity index (χ3v) is 7.40. The number of ether oxygens (including phenoxy) is 1. The van der Waals surface area contributed by atoms with Gasteiger partial charge >= 0.3 is 5.97 Å². The van der Waals surface area contributed by atoms with Crippen LogP contribution in [0.4, 0.5) is 5.69 Å². The molecule has 0 aromatic heterocycles. The van der Waals surface area contributed by atoms with Gasteiger partial charge in [-0.3, -0.25) is 4.99 Å². The molecule has 1 N–H and O–H groups in total. The summed E-state index contributed by atoms with van der Waals surface area (Å²) in [7, 11) is 0. The van der Waals surface area contributed by atoms with E-state index in [9.17, 15) is 4.79 Å². The maximum atomic E-state index is 13.0. The van der Waals surface area contributed by atoms with Crippen LogP contribution in [-0.2, 0) is 4.74 Å². The van der Waals surface area contributed by atoms with E-state index >= 15 is 0 Å². The van der Waals surface area contributed by atoms with Gasteiger partial charge < -0.3 is 14.5 Å². The molecule has 1 aliphatic heterocycles. The first kappa shape index (κ1) is 25.5. The summed E-state index contributed by atoms with van der Waals surface area (Å²) in [6.45, 7) is 11.7. The lowest BCUT2D eigenvalue weighted by molar-refractivity contribution is 0.0527. The average Bonchev–Trinajstić information content (AvgIpc) is 2.84. The highest BCUT2D eigenvalue weighted by Gasteiger charge is 2.26. The SMILES string of the molecule is CCN=c1c(C)cc2c(-c3ccccc3C(=O)OCC)c3cc(C)c(NCC)c(Br)c3oc-2c1Br. The number of nitrogens with zero attached hydrogens (tertiary/aromatic N) is 1. The molecule has 0 saturated heterocycles. The summed E-state index contributed by atoms with van der Waals surface area (Å²) >= 11 is 7.58. The van der Waals surface area contributed by atoms with Crippen LogP contribution in [0.2, 0.25) is 0 Å². The fourth-order valence-electron chi connectivity index (χ4n) is 4.45. The van der Waals surface area contributed by atoms with E-state index in [0.717, 1.165) is 59.7 Å². The number of benzene rings is 3. The Morgan fingerprint density at radius 1 is 1.03 bits per heavy atom. The van der Waals surface area contributed by atoms with Crippen molar-refractivity contribution in [3.05, 3.63) is 67.4 Å². The highest BCUT2D eigenvalue weighted by atomic mass is 79.9. The molecule has 182 valence electrons. The molecule has 2 aromatic rings. The molecular weight excluding hydrogens is 572 g/mol. The summed E-state index contributed by atoms with van der Waals surface area (Å²) in [5.41, 5.74) is 6.91. The van der Waals surface area contributed by atoms with Gasteiger partial charge in [0.2, 0.25) is 0 Å². The molecule has 0 amide bonds. The van der Waals surface area contributed by atoms with Crippen LogP contribution < -0.4 is 10.7 Å². The number of rotatable bonds is 6. The number of halogens is 2. The topological polar surface area (TPSA) is 63.8 Å². The number of anilines is 1. The summed E-state index contributed by atoms with van der Waals surface area (Å²) in [4.78, 5) is 17.7. The number of fused-ring (bicyclic) bond motifs is 2. The molecule has 0 atom stereocenters. The second kappa shape index (κ2) is 10.5. The predicted molar refractivity (Wildman–Crippen MR) is 149 cm³/mol. The highest BCUT2D eigenvalue weighted by molar-refractivity contribution is 9.11. The molecule has 1 heterocycles. The molecule has 5 nitrogen and oxygen atoms in total. The van der Waals surface area contributed by atoms with E-state index in [2.05, 4.69) is 68.1 Å². The van der Waals surface area contributed by atoms with Gasteiger partial charge in [-0.2, -0.15) is 0 Å². The standard InChI is InChI=1S/C28H28Br2N2O3/c1-6-31-24-15(4)13-19-21(17-11-9-10-12-18(17)28(33)34-8-3)20-14-16(5)25(32-7-2)23(30)27(20)35-26(19)22(24)29/h9-14,31H,6-8H2,1-5H3. The Labute approximate surface area is 222 Å². The van der Waals surface area contributed by atoms with Gasteiger partial charge in [-0.05, 0) is 101 Å². The number of hydrogen-bond donors (Lipinski definition) is 1. The molecular formula is C28H28Br2N2O3. The molecule has 0 fully saturated rings.